The Labute approximate surface area is 255 Å². The van der Waals surface area contributed by atoms with Gasteiger partial charge in [-0.25, -0.2) is 18.8 Å². The standard InChI is InChI=1S/C32H26F2N6O5/c1-39(44-2)29(41)19-5-3-18(4-6-19)27-26-25(13-16-36-28(26)38-37-27)45-24-12-11-22(17-23(24)34)40(21-9-7-20(33)8-10-21)31(43)32(14-15-32)30(35)42/h3-13,16-17H,14-15H2,1-2H3,(H2,35,42)(H,36,37,38). The molecule has 3 N–H and O–H groups in total. The number of primary amides is 1. The number of amides is 3. The summed E-state index contributed by atoms with van der Waals surface area (Å²) in [6, 6.07) is 17.2. The lowest BCUT2D eigenvalue weighted by Gasteiger charge is -2.26. The van der Waals surface area contributed by atoms with Crippen LogP contribution in [-0.4, -0.2) is 52.1 Å². The Hall–Kier alpha value is -5.69. The minimum Gasteiger partial charge on any atom is -0.453 e. The second-order valence-corrected chi connectivity index (χ2v) is 10.4. The summed E-state index contributed by atoms with van der Waals surface area (Å²) in [5.74, 6) is -2.99. The fourth-order valence-electron chi connectivity index (χ4n) is 4.96. The first kappa shape index (κ1) is 29.4. The second kappa shape index (κ2) is 11.4. The van der Waals surface area contributed by atoms with E-state index in [1.54, 1.807) is 30.3 Å². The summed E-state index contributed by atoms with van der Waals surface area (Å²) in [5, 5.41) is 8.74. The predicted octanol–water partition coefficient (Wildman–Crippen LogP) is 5.26. The lowest BCUT2D eigenvalue weighted by atomic mass is 10.0. The Morgan fingerprint density at radius 2 is 1.62 bits per heavy atom. The molecular formula is C32H26F2N6O5. The van der Waals surface area contributed by atoms with Crippen LogP contribution in [0.15, 0.2) is 79.0 Å². The van der Waals surface area contributed by atoms with E-state index in [2.05, 4.69) is 15.2 Å². The number of aromatic amines is 1. The Morgan fingerprint density at radius 1 is 0.933 bits per heavy atom. The number of benzene rings is 3. The predicted molar refractivity (Wildman–Crippen MR) is 159 cm³/mol. The van der Waals surface area contributed by atoms with Crippen molar-refractivity contribution in [3.8, 4) is 22.8 Å². The number of carbonyl (C=O) groups is 3. The average molecular weight is 613 g/mol. The van der Waals surface area contributed by atoms with E-state index in [0.717, 1.165) is 28.2 Å². The maximum atomic E-state index is 15.7. The van der Waals surface area contributed by atoms with Gasteiger partial charge >= 0.3 is 0 Å². The third-order valence-electron chi connectivity index (χ3n) is 7.71. The number of ether oxygens (including phenoxy) is 1. The number of rotatable bonds is 9. The lowest BCUT2D eigenvalue weighted by molar-refractivity contribution is -0.133. The quantitative estimate of drug-likeness (QED) is 0.171. The summed E-state index contributed by atoms with van der Waals surface area (Å²) >= 11 is 0. The van der Waals surface area contributed by atoms with Gasteiger partial charge in [0.1, 0.15) is 17.0 Å². The first-order valence-corrected chi connectivity index (χ1v) is 13.8. The summed E-state index contributed by atoms with van der Waals surface area (Å²) in [7, 11) is 2.89. The number of carbonyl (C=O) groups excluding carboxylic acids is 3. The van der Waals surface area contributed by atoms with E-state index in [-0.39, 0.29) is 41.6 Å². The van der Waals surface area contributed by atoms with Crippen LogP contribution in [0.3, 0.4) is 0 Å². The number of nitrogens with zero attached hydrogens (tertiary/aromatic N) is 4. The molecule has 13 heteroatoms. The molecule has 0 atom stereocenters. The molecule has 0 unspecified atom stereocenters. The van der Waals surface area contributed by atoms with Crippen molar-refractivity contribution in [3.63, 3.8) is 0 Å². The van der Waals surface area contributed by atoms with E-state index in [0.29, 0.717) is 27.9 Å². The highest BCUT2D eigenvalue weighted by molar-refractivity contribution is 6.16. The van der Waals surface area contributed by atoms with Gasteiger partial charge in [0.15, 0.2) is 17.2 Å². The molecule has 0 bridgehead atoms. The molecule has 1 aliphatic carbocycles. The van der Waals surface area contributed by atoms with Crippen LogP contribution in [0.2, 0.25) is 0 Å². The number of nitrogens with two attached hydrogens (primary N) is 1. The van der Waals surface area contributed by atoms with Crippen LogP contribution >= 0.6 is 0 Å². The van der Waals surface area contributed by atoms with Crippen molar-refractivity contribution in [2.75, 3.05) is 19.1 Å². The van der Waals surface area contributed by atoms with Crippen molar-refractivity contribution in [2.24, 2.45) is 11.1 Å². The van der Waals surface area contributed by atoms with Gasteiger partial charge in [-0.1, -0.05) is 12.1 Å². The number of aromatic nitrogens is 3. The number of fused-ring (bicyclic) bond motifs is 1. The number of H-pyrrole nitrogens is 1. The first-order valence-electron chi connectivity index (χ1n) is 13.8. The minimum atomic E-state index is -1.41. The van der Waals surface area contributed by atoms with E-state index in [9.17, 15) is 18.8 Å². The monoisotopic (exact) mass is 612 g/mol. The highest BCUT2D eigenvalue weighted by Gasteiger charge is 2.57. The van der Waals surface area contributed by atoms with E-state index in [1.165, 1.54) is 44.6 Å². The third-order valence-corrected chi connectivity index (χ3v) is 7.71. The van der Waals surface area contributed by atoms with E-state index in [1.807, 2.05) is 0 Å². The number of hydrogen-bond donors (Lipinski definition) is 2. The zero-order chi connectivity index (χ0) is 31.9. The molecular weight excluding hydrogens is 586 g/mol. The summed E-state index contributed by atoms with van der Waals surface area (Å²) < 4.78 is 35.4. The number of nitrogens with one attached hydrogen (secondary N) is 1. The van der Waals surface area contributed by atoms with Gasteiger partial charge in [0.05, 0.1) is 23.9 Å². The van der Waals surface area contributed by atoms with Crippen LogP contribution in [0.5, 0.6) is 11.5 Å². The van der Waals surface area contributed by atoms with Crippen molar-refractivity contribution in [2.45, 2.75) is 12.8 Å². The van der Waals surface area contributed by atoms with Crippen molar-refractivity contribution in [3.05, 3.63) is 96.2 Å². The van der Waals surface area contributed by atoms with Gasteiger partial charge in [-0.2, -0.15) is 5.10 Å². The van der Waals surface area contributed by atoms with Crippen LogP contribution in [0, 0.1) is 17.0 Å². The van der Waals surface area contributed by atoms with Gasteiger partial charge in [0.25, 0.3) is 5.91 Å². The van der Waals surface area contributed by atoms with Gasteiger partial charge in [-0.05, 0) is 67.4 Å². The molecule has 3 amide bonds. The van der Waals surface area contributed by atoms with E-state index in [4.69, 9.17) is 15.3 Å². The van der Waals surface area contributed by atoms with Crippen LogP contribution in [0.25, 0.3) is 22.3 Å². The first-order chi connectivity index (χ1) is 21.6. The molecule has 0 spiro atoms. The fraction of sp³-hybridized carbons (Fsp3) is 0.156. The minimum absolute atomic E-state index is 0.0987. The average Bonchev–Trinajstić information content (AvgIpc) is 3.76. The smallest absolute Gasteiger partial charge is 0.277 e. The van der Waals surface area contributed by atoms with Crippen molar-refractivity contribution < 1.29 is 32.7 Å². The molecule has 0 radical (unpaired) electrons. The largest absolute Gasteiger partial charge is 0.453 e. The number of halogens is 2. The highest BCUT2D eigenvalue weighted by Crippen LogP contribution is 2.49. The number of pyridine rings is 1. The zero-order valence-corrected chi connectivity index (χ0v) is 24.1. The molecule has 45 heavy (non-hydrogen) atoms. The number of hydrogen-bond acceptors (Lipinski definition) is 7. The molecule has 6 rings (SSSR count). The summed E-state index contributed by atoms with van der Waals surface area (Å²) in [5.41, 5.74) is 6.38. The zero-order valence-electron chi connectivity index (χ0n) is 24.1. The van der Waals surface area contributed by atoms with E-state index < -0.39 is 28.9 Å². The van der Waals surface area contributed by atoms with Gasteiger partial charge in [0, 0.05) is 36.1 Å². The van der Waals surface area contributed by atoms with E-state index >= 15 is 4.39 Å². The van der Waals surface area contributed by atoms with Crippen LogP contribution < -0.4 is 15.4 Å². The summed E-state index contributed by atoms with van der Waals surface area (Å²) in [4.78, 5) is 48.5. The molecule has 1 aliphatic rings. The molecule has 11 nitrogen and oxygen atoms in total. The Morgan fingerprint density at radius 3 is 2.24 bits per heavy atom. The SMILES string of the molecule is CON(C)C(=O)c1ccc(-c2[nH]nc3nccc(Oc4ccc(N(C(=O)C5(C(N)=O)CC5)c5ccc(F)cc5)cc4F)c23)cc1. The maximum Gasteiger partial charge on any atom is 0.277 e. The van der Waals surface area contributed by atoms with Gasteiger partial charge in [-0.3, -0.25) is 29.2 Å². The fourth-order valence-corrected chi connectivity index (χ4v) is 4.96. The molecule has 228 valence electrons. The maximum absolute atomic E-state index is 15.7. The summed E-state index contributed by atoms with van der Waals surface area (Å²) in [6.45, 7) is 0. The highest BCUT2D eigenvalue weighted by atomic mass is 19.1. The van der Waals surface area contributed by atoms with Crippen LogP contribution in [-0.2, 0) is 14.4 Å². The number of anilines is 2. The van der Waals surface area contributed by atoms with Gasteiger partial charge in [-0.15, -0.1) is 0 Å². The van der Waals surface area contributed by atoms with Crippen LogP contribution in [0.4, 0.5) is 20.2 Å². The Balaban J connectivity index is 1.33. The lowest BCUT2D eigenvalue weighted by Crippen LogP contribution is -2.41. The van der Waals surface area contributed by atoms with Gasteiger partial charge < -0.3 is 10.5 Å². The molecule has 5 aromatic rings. The Kier molecular flexibility index (Phi) is 7.46. The molecule has 2 aromatic heterocycles. The molecule has 0 aliphatic heterocycles. The van der Waals surface area contributed by atoms with Gasteiger partial charge in [0.2, 0.25) is 11.8 Å². The summed E-state index contributed by atoms with van der Waals surface area (Å²) in [6.07, 6.45) is 1.98. The third kappa shape index (κ3) is 5.33. The normalized spacial score (nSPS) is 13.3. The molecule has 1 saturated carbocycles. The topological polar surface area (TPSA) is 144 Å². The molecule has 1 fully saturated rings. The van der Waals surface area contributed by atoms with Crippen molar-refractivity contribution in [1.29, 1.82) is 0 Å². The second-order valence-electron chi connectivity index (χ2n) is 10.4. The Bertz CT molecular complexity index is 1940. The van der Waals surface area contributed by atoms with Crippen molar-refractivity contribution in [1.82, 2.24) is 20.2 Å². The molecule has 2 heterocycles. The number of hydroxylamine groups is 2. The molecule has 3 aromatic carbocycles. The molecule has 0 saturated heterocycles. The van der Waals surface area contributed by atoms with Crippen LogP contribution in [0.1, 0.15) is 23.2 Å². The van der Waals surface area contributed by atoms with Crippen molar-refractivity contribution >= 4 is 40.1 Å².